The molecule has 2 N–H and O–H groups in total. The van der Waals surface area contributed by atoms with E-state index < -0.39 is 11.8 Å². The van der Waals surface area contributed by atoms with Crippen molar-refractivity contribution in [1.82, 2.24) is 15.7 Å². The Hall–Kier alpha value is -3.62. The minimum Gasteiger partial charge on any atom is -0.493 e. The number of pyridine rings is 1. The molecule has 0 unspecified atom stereocenters. The van der Waals surface area contributed by atoms with Gasteiger partial charge in [-0.05, 0) is 24.3 Å². The number of hydrogen-bond donors (Lipinski definition) is 2. The maximum Gasteiger partial charge on any atom is 0.259 e. The van der Waals surface area contributed by atoms with E-state index in [9.17, 15) is 9.59 Å². The minimum absolute atomic E-state index is 0.255. The molecule has 9 heteroatoms. The topological polar surface area (TPSA) is 111 Å². The SMILES string of the molecule is COc1cc(C(=O)NCC(=O)NN=Cc2ccccn2)cc(OC)c1OC. The molecule has 0 atom stereocenters. The van der Waals surface area contributed by atoms with Crippen molar-refractivity contribution in [3.63, 3.8) is 0 Å². The van der Waals surface area contributed by atoms with Crippen molar-refractivity contribution < 1.29 is 23.8 Å². The average Bonchev–Trinajstić information content (AvgIpc) is 2.71. The molecule has 2 rings (SSSR count). The molecule has 0 saturated carbocycles. The van der Waals surface area contributed by atoms with Gasteiger partial charge in [0.15, 0.2) is 11.5 Å². The summed E-state index contributed by atoms with van der Waals surface area (Å²) in [6.45, 7) is -0.255. The summed E-state index contributed by atoms with van der Waals surface area (Å²) in [7, 11) is 4.37. The Labute approximate surface area is 156 Å². The molecular formula is C18H20N4O5. The lowest BCUT2D eigenvalue weighted by molar-refractivity contribution is -0.120. The number of hydrazone groups is 1. The van der Waals surface area contributed by atoms with Gasteiger partial charge in [-0.3, -0.25) is 14.6 Å². The molecule has 0 spiro atoms. The highest BCUT2D eigenvalue weighted by atomic mass is 16.5. The van der Waals surface area contributed by atoms with Crippen LogP contribution in [0.5, 0.6) is 17.2 Å². The molecule has 142 valence electrons. The summed E-state index contributed by atoms with van der Waals surface area (Å²) in [5.41, 5.74) is 3.16. The molecule has 1 aromatic carbocycles. The Kier molecular flexibility index (Phi) is 7.12. The summed E-state index contributed by atoms with van der Waals surface area (Å²) in [5, 5.41) is 6.27. The van der Waals surface area contributed by atoms with E-state index in [0.29, 0.717) is 22.9 Å². The van der Waals surface area contributed by atoms with Crippen LogP contribution in [-0.4, -0.2) is 50.9 Å². The van der Waals surface area contributed by atoms with Crippen LogP contribution in [0.1, 0.15) is 16.1 Å². The smallest absolute Gasteiger partial charge is 0.259 e. The van der Waals surface area contributed by atoms with Crippen molar-refractivity contribution in [3.8, 4) is 17.2 Å². The van der Waals surface area contributed by atoms with Gasteiger partial charge < -0.3 is 19.5 Å². The van der Waals surface area contributed by atoms with Crippen LogP contribution in [0.15, 0.2) is 41.6 Å². The highest BCUT2D eigenvalue weighted by Crippen LogP contribution is 2.38. The van der Waals surface area contributed by atoms with E-state index in [2.05, 4.69) is 20.8 Å². The second-order valence-corrected chi connectivity index (χ2v) is 5.14. The summed E-state index contributed by atoms with van der Waals surface area (Å²) in [6.07, 6.45) is 3.01. The zero-order valence-corrected chi connectivity index (χ0v) is 15.2. The first-order valence-corrected chi connectivity index (χ1v) is 7.90. The normalized spacial score (nSPS) is 10.3. The Balaban J connectivity index is 1.95. The Morgan fingerprint density at radius 2 is 1.81 bits per heavy atom. The zero-order valence-electron chi connectivity index (χ0n) is 15.2. The zero-order chi connectivity index (χ0) is 19.6. The quantitative estimate of drug-likeness (QED) is 0.528. The highest BCUT2D eigenvalue weighted by Gasteiger charge is 2.17. The second-order valence-electron chi connectivity index (χ2n) is 5.14. The number of nitrogens with one attached hydrogen (secondary N) is 2. The summed E-state index contributed by atoms with van der Waals surface area (Å²) in [4.78, 5) is 28.1. The number of ether oxygens (including phenoxy) is 3. The number of benzene rings is 1. The minimum atomic E-state index is -0.483. The lowest BCUT2D eigenvalue weighted by atomic mass is 10.1. The fourth-order valence-corrected chi connectivity index (χ4v) is 2.14. The van der Waals surface area contributed by atoms with E-state index in [1.165, 1.54) is 39.7 Å². The molecular weight excluding hydrogens is 352 g/mol. The third kappa shape index (κ3) is 5.43. The first-order valence-electron chi connectivity index (χ1n) is 7.90. The summed E-state index contributed by atoms with van der Waals surface area (Å²) in [6, 6.07) is 8.30. The number of carbonyl (C=O) groups is 2. The van der Waals surface area contributed by atoms with Crippen LogP contribution in [0, 0.1) is 0 Å². The van der Waals surface area contributed by atoms with Crippen molar-refractivity contribution in [3.05, 3.63) is 47.8 Å². The first kappa shape index (κ1) is 19.7. The number of amides is 2. The second kappa shape index (κ2) is 9.76. The predicted octanol–water partition coefficient (Wildman–Crippen LogP) is 0.987. The maximum absolute atomic E-state index is 12.3. The van der Waals surface area contributed by atoms with Gasteiger partial charge >= 0.3 is 0 Å². The molecule has 0 aliphatic carbocycles. The van der Waals surface area contributed by atoms with Crippen molar-refractivity contribution in [1.29, 1.82) is 0 Å². The van der Waals surface area contributed by atoms with Gasteiger partial charge in [-0.15, -0.1) is 0 Å². The molecule has 0 fully saturated rings. The van der Waals surface area contributed by atoms with Crippen molar-refractivity contribution in [2.75, 3.05) is 27.9 Å². The molecule has 2 aromatic rings. The van der Waals surface area contributed by atoms with Crippen molar-refractivity contribution in [2.45, 2.75) is 0 Å². The lowest BCUT2D eigenvalue weighted by Gasteiger charge is -2.14. The van der Waals surface area contributed by atoms with Crippen LogP contribution in [0.25, 0.3) is 0 Å². The molecule has 0 radical (unpaired) electrons. The number of nitrogens with zero attached hydrogens (tertiary/aromatic N) is 2. The van der Waals surface area contributed by atoms with Crippen LogP contribution in [0.2, 0.25) is 0 Å². The van der Waals surface area contributed by atoms with E-state index >= 15 is 0 Å². The first-order chi connectivity index (χ1) is 13.1. The van der Waals surface area contributed by atoms with Gasteiger partial charge in [-0.25, -0.2) is 5.43 Å². The van der Waals surface area contributed by atoms with E-state index in [0.717, 1.165) is 0 Å². The van der Waals surface area contributed by atoms with E-state index in [-0.39, 0.29) is 12.1 Å². The Morgan fingerprint density at radius 1 is 1.11 bits per heavy atom. The van der Waals surface area contributed by atoms with Gasteiger partial charge in [0.25, 0.3) is 11.8 Å². The van der Waals surface area contributed by atoms with Crippen LogP contribution in [0.4, 0.5) is 0 Å². The van der Waals surface area contributed by atoms with Gasteiger partial charge in [-0.1, -0.05) is 6.07 Å². The Morgan fingerprint density at radius 3 is 2.37 bits per heavy atom. The Bertz CT molecular complexity index is 799. The predicted molar refractivity (Wildman–Crippen MR) is 98.4 cm³/mol. The fourth-order valence-electron chi connectivity index (χ4n) is 2.14. The van der Waals surface area contributed by atoms with E-state index in [4.69, 9.17) is 14.2 Å². The lowest BCUT2D eigenvalue weighted by Crippen LogP contribution is -2.35. The van der Waals surface area contributed by atoms with Crippen LogP contribution in [-0.2, 0) is 4.79 Å². The third-order valence-corrected chi connectivity index (χ3v) is 3.41. The van der Waals surface area contributed by atoms with Gasteiger partial charge in [0, 0.05) is 11.8 Å². The molecule has 0 aliphatic rings. The summed E-state index contributed by atoms with van der Waals surface area (Å²) < 4.78 is 15.6. The van der Waals surface area contributed by atoms with Crippen LogP contribution in [0.3, 0.4) is 0 Å². The fraction of sp³-hybridized carbons (Fsp3) is 0.222. The number of hydrogen-bond acceptors (Lipinski definition) is 7. The molecule has 0 bridgehead atoms. The largest absolute Gasteiger partial charge is 0.493 e. The molecule has 9 nitrogen and oxygen atoms in total. The summed E-state index contributed by atoms with van der Waals surface area (Å²) in [5.74, 6) is 0.0945. The number of methoxy groups -OCH3 is 3. The molecule has 1 aromatic heterocycles. The van der Waals surface area contributed by atoms with Crippen molar-refractivity contribution in [2.24, 2.45) is 5.10 Å². The van der Waals surface area contributed by atoms with E-state index in [1.54, 1.807) is 24.4 Å². The molecule has 27 heavy (non-hydrogen) atoms. The van der Waals surface area contributed by atoms with Gasteiger partial charge in [0.05, 0.1) is 39.8 Å². The van der Waals surface area contributed by atoms with Crippen molar-refractivity contribution >= 4 is 18.0 Å². The molecule has 0 aliphatic heterocycles. The van der Waals surface area contributed by atoms with Gasteiger partial charge in [0.1, 0.15) is 0 Å². The van der Waals surface area contributed by atoms with Gasteiger partial charge in [0.2, 0.25) is 5.75 Å². The van der Waals surface area contributed by atoms with E-state index in [1.807, 2.05) is 0 Å². The maximum atomic E-state index is 12.3. The average molecular weight is 372 g/mol. The van der Waals surface area contributed by atoms with Crippen LogP contribution >= 0.6 is 0 Å². The monoisotopic (exact) mass is 372 g/mol. The summed E-state index contributed by atoms with van der Waals surface area (Å²) >= 11 is 0. The number of carbonyl (C=O) groups excluding carboxylic acids is 2. The molecule has 0 saturated heterocycles. The number of rotatable bonds is 8. The standard InChI is InChI=1S/C18H20N4O5/c1-25-14-8-12(9-15(26-2)17(14)27-3)18(24)20-11-16(23)22-21-10-13-6-4-5-7-19-13/h4-10H,11H2,1-3H3,(H,20,24)(H,22,23). The van der Waals surface area contributed by atoms with Crippen LogP contribution < -0.4 is 25.0 Å². The number of aromatic nitrogens is 1. The van der Waals surface area contributed by atoms with Gasteiger partial charge in [-0.2, -0.15) is 5.10 Å². The molecule has 1 heterocycles. The molecule has 2 amide bonds. The third-order valence-electron chi connectivity index (χ3n) is 3.41. The highest BCUT2D eigenvalue weighted by molar-refractivity contribution is 5.97.